The maximum Gasteiger partial charge on any atom is 0.246 e. The maximum atomic E-state index is 12.3. The maximum absolute atomic E-state index is 12.3. The number of nitrogens with zero attached hydrogens (tertiary/aromatic N) is 1. The summed E-state index contributed by atoms with van der Waals surface area (Å²) >= 11 is 0. The second-order valence-electron chi connectivity index (χ2n) is 5.15. The highest BCUT2D eigenvalue weighted by molar-refractivity contribution is 5.93. The Morgan fingerprint density at radius 3 is 3.00 bits per heavy atom. The van der Waals surface area contributed by atoms with Crippen molar-refractivity contribution < 1.29 is 19.1 Å². The van der Waals surface area contributed by atoms with Crippen molar-refractivity contribution >= 4 is 17.5 Å². The summed E-state index contributed by atoms with van der Waals surface area (Å²) in [5.74, 6) is 0.262. The van der Waals surface area contributed by atoms with E-state index in [1.807, 2.05) is 19.1 Å². The number of ether oxygens (including phenoxy) is 2. The molecule has 1 heterocycles. The highest BCUT2D eigenvalue weighted by Gasteiger charge is 2.28. The van der Waals surface area contributed by atoms with Gasteiger partial charge in [0, 0.05) is 13.0 Å². The minimum absolute atomic E-state index is 0.167. The summed E-state index contributed by atoms with van der Waals surface area (Å²) in [6.07, 6.45) is 1.43. The number of hydrogen-bond donors (Lipinski definition) is 1. The number of nitrogens with one attached hydrogen (secondary N) is 1. The van der Waals surface area contributed by atoms with Gasteiger partial charge in [-0.25, -0.2) is 0 Å². The van der Waals surface area contributed by atoms with Crippen molar-refractivity contribution in [1.29, 1.82) is 0 Å². The van der Waals surface area contributed by atoms with Crippen molar-refractivity contribution in [2.24, 2.45) is 0 Å². The average Bonchev–Trinajstić information content (AvgIpc) is 2.56. The molecule has 2 amide bonds. The molecule has 1 aliphatic heterocycles. The summed E-state index contributed by atoms with van der Waals surface area (Å²) in [5, 5.41) is 2.84. The van der Waals surface area contributed by atoms with Crippen LogP contribution in [0, 0.1) is 0 Å². The highest BCUT2D eigenvalue weighted by atomic mass is 16.5. The topological polar surface area (TPSA) is 67.9 Å². The van der Waals surface area contributed by atoms with Gasteiger partial charge in [-0.05, 0) is 25.1 Å². The molecule has 0 spiro atoms. The number of hydrogen-bond acceptors (Lipinski definition) is 4. The van der Waals surface area contributed by atoms with Crippen molar-refractivity contribution in [3.63, 3.8) is 0 Å². The first-order valence-corrected chi connectivity index (χ1v) is 7.68. The number of amides is 2. The SMILES string of the molecule is C=CC(=O)N1CCOCC1CC(=O)Nc1ccccc1OCC. The van der Waals surface area contributed by atoms with Crippen LogP contribution in [0.2, 0.25) is 0 Å². The standard InChI is InChI=1S/C17H22N2O4/c1-3-17(21)19-9-10-22-12-13(19)11-16(20)18-14-7-5-6-8-15(14)23-4-2/h3,5-8,13H,1,4,9-12H2,2H3,(H,18,20). The number of morpholine rings is 1. The number of rotatable bonds is 6. The normalized spacial score (nSPS) is 17.4. The van der Waals surface area contributed by atoms with Gasteiger partial charge in [0.1, 0.15) is 5.75 Å². The third-order valence-corrected chi connectivity index (χ3v) is 3.57. The van der Waals surface area contributed by atoms with E-state index in [9.17, 15) is 9.59 Å². The molecule has 23 heavy (non-hydrogen) atoms. The quantitative estimate of drug-likeness (QED) is 0.813. The van der Waals surface area contributed by atoms with E-state index in [2.05, 4.69) is 11.9 Å². The summed E-state index contributed by atoms with van der Waals surface area (Å²) in [5.41, 5.74) is 0.623. The first kappa shape index (κ1) is 17.0. The van der Waals surface area contributed by atoms with Gasteiger partial charge < -0.3 is 19.7 Å². The fourth-order valence-corrected chi connectivity index (χ4v) is 2.50. The summed E-state index contributed by atoms with van der Waals surface area (Å²) < 4.78 is 10.9. The van der Waals surface area contributed by atoms with Gasteiger partial charge in [0.25, 0.3) is 0 Å². The molecule has 0 radical (unpaired) electrons. The minimum Gasteiger partial charge on any atom is -0.492 e. The molecule has 124 valence electrons. The van der Waals surface area contributed by atoms with E-state index in [4.69, 9.17) is 9.47 Å². The summed E-state index contributed by atoms with van der Waals surface area (Å²) in [7, 11) is 0. The molecule has 1 fully saturated rings. The smallest absolute Gasteiger partial charge is 0.246 e. The van der Waals surface area contributed by atoms with Gasteiger partial charge in [0.15, 0.2) is 0 Å². The number of carbonyl (C=O) groups excluding carboxylic acids is 2. The number of para-hydroxylation sites is 2. The van der Waals surface area contributed by atoms with Gasteiger partial charge in [-0.2, -0.15) is 0 Å². The lowest BCUT2D eigenvalue weighted by Crippen LogP contribution is -2.49. The Kier molecular flexibility index (Phi) is 6.17. The predicted molar refractivity (Wildman–Crippen MR) is 87.4 cm³/mol. The van der Waals surface area contributed by atoms with Crippen molar-refractivity contribution in [2.45, 2.75) is 19.4 Å². The Bertz CT molecular complexity index is 573. The van der Waals surface area contributed by atoms with Crippen LogP contribution in [-0.4, -0.2) is 49.1 Å². The zero-order valence-corrected chi connectivity index (χ0v) is 13.3. The Hall–Kier alpha value is -2.34. The molecule has 1 saturated heterocycles. The molecule has 1 aliphatic rings. The van der Waals surface area contributed by atoms with Crippen LogP contribution in [0.25, 0.3) is 0 Å². The summed E-state index contributed by atoms with van der Waals surface area (Å²) in [4.78, 5) is 25.8. The van der Waals surface area contributed by atoms with Gasteiger partial charge in [-0.15, -0.1) is 0 Å². The molecule has 0 aliphatic carbocycles. The number of benzene rings is 1. The number of anilines is 1. The highest BCUT2D eigenvalue weighted by Crippen LogP contribution is 2.24. The van der Waals surface area contributed by atoms with E-state index in [1.54, 1.807) is 17.0 Å². The molecule has 6 heteroatoms. The Balaban J connectivity index is 2.01. The fourth-order valence-electron chi connectivity index (χ4n) is 2.50. The van der Waals surface area contributed by atoms with Gasteiger partial charge in [0.2, 0.25) is 11.8 Å². The van der Waals surface area contributed by atoms with Crippen molar-refractivity contribution in [3.8, 4) is 5.75 Å². The van der Waals surface area contributed by atoms with Crippen LogP contribution in [0.15, 0.2) is 36.9 Å². The van der Waals surface area contributed by atoms with Crippen molar-refractivity contribution in [3.05, 3.63) is 36.9 Å². The second-order valence-corrected chi connectivity index (χ2v) is 5.15. The zero-order chi connectivity index (χ0) is 16.7. The van der Waals surface area contributed by atoms with Gasteiger partial charge in [0.05, 0.1) is 31.5 Å². The monoisotopic (exact) mass is 318 g/mol. The molecule has 0 bridgehead atoms. The second kappa shape index (κ2) is 8.33. The van der Waals surface area contributed by atoms with Crippen LogP contribution in [0.4, 0.5) is 5.69 Å². The Labute approximate surface area is 136 Å². The minimum atomic E-state index is -0.284. The molecular formula is C17H22N2O4. The lowest BCUT2D eigenvalue weighted by Gasteiger charge is -2.34. The molecular weight excluding hydrogens is 296 g/mol. The molecule has 2 rings (SSSR count). The molecule has 1 aromatic carbocycles. The van der Waals surface area contributed by atoms with Gasteiger partial charge in [-0.1, -0.05) is 18.7 Å². The van der Waals surface area contributed by atoms with E-state index in [0.29, 0.717) is 37.8 Å². The van der Waals surface area contributed by atoms with E-state index in [-0.39, 0.29) is 24.3 Å². The van der Waals surface area contributed by atoms with Crippen molar-refractivity contribution in [2.75, 3.05) is 31.7 Å². The van der Waals surface area contributed by atoms with Crippen LogP contribution in [0.3, 0.4) is 0 Å². The summed E-state index contributed by atoms with van der Waals surface area (Å²) in [6, 6.07) is 6.98. The third-order valence-electron chi connectivity index (χ3n) is 3.57. The van der Waals surface area contributed by atoms with Crippen LogP contribution < -0.4 is 10.1 Å². The lowest BCUT2D eigenvalue weighted by molar-refractivity contribution is -0.136. The Morgan fingerprint density at radius 2 is 2.26 bits per heavy atom. The molecule has 1 aromatic rings. The molecule has 6 nitrogen and oxygen atoms in total. The van der Waals surface area contributed by atoms with Crippen molar-refractivity contribution in [1.82, 2.24) is 4.90 Å². The third kappa shape index (κ3) is 4.56. The largest absolute Gasteiger partial charge is 0.492 e. The van der Waals surface area contributed by atoms with Crippen LogP contribution in [0.1, 0.15) is 13.3 Å². The first-order valence-electron chi connectivity index (χ1n) is 7.68. The van der Waals surface area contributed by atoms with E-state index < -0.39 is 0 Å². The van der Waals surface area contributed by atoms with Gasteiger partial charge in [-0.3, -0.25) is 9.59 Å². The van der Waals surface area contributed by atoms with Crippen LogP contribution >= 0.6 is 0 Å². The molecule has 1 unspecified atom stereocenters. The van der Waals surface area contributed by atoms with E-state index >= 15 is 0 Å². The molecule has 0 saturated carbocycles. The lowest BCUT2D eigenvalue weighted by atomic mass is 10.1. The zero-order valence-electron chi connectivity index (χ0n) is 13.3. The predicted octanol–water partition coefficient (Wildman–Crippen LogP) is 1.83. The molecule has 0 aromatic heterocycles. The average molecular weight is 318 g/mol. The fraction of sp³-hybridized carbons (Fsp3) is 0.412. The van der Waals surface area contributed by atoms with E-state index in [0.717, 1.165) is 0 Å². The molecule has 1 atom stereocenters. The first-order chi connectivity index (χ1) is 11.2. The van der Waals surface area contributed by atoms with E-state index in [1.165, 1.54) is 6.08 Å². The molecule has 1 N–H and O–H groups in total. The summed E-state index contributed by atoms with van der Waals surface area (Å²) in [6.45, 7) is 7.20. The Morgan fingerprint density at radius 1 is 1.48 bits per heavy atom. The van der Waals surface area contributed by atoms with Gasteiger partial charge >= 0.3 is 0 Å². The number of carbonyl (C=O) groups is 2. The van der Waals surface area contributed by atoms with Crippen LogP contribution in [-0.2, 0) is 14.3 Å². The van der Waals surface area contributed by atoms with Crippen LogP contribution in [0.5, 0.6) is 5.75 Å².